The first-order valence-corrected chi connectivity index (χ1v) is 11.9. The van der Waals surface area contributed by atoms with Gasteiger partial charge in [0.2, 0.25) is 0 Å². The Morgan fingerprint density at radius 1 is 0.914 bits per heavy atom. The molecule has 35 heavy (non-hydrogen) atoms. The van der Waals surface area contributed by atoms with Crippen LogP contribution in [0.5, 0.6) is 11.5 Å². The summed E-state index contributed by atoms with van der Waals surface area (Å²) in [6.45, 7) is 4.18. The summed E-state index contributed by atoms with van der Waals surface area (Å²) in [4.78, 5) is 0. The third-order valence-electron chi connectivity index (χ3n) is 6.30. The first-order chi connectivity index (χ1) is 16.5. The Morgan fingerprint density at radius 2 is 1.57 bits per heavy atom. The fraction of sp³-hybridized carbons (Fsp3) is 0.481. The molecule has 0 saturated heterocycles. The number of rotatable bonds is 9. The number of hydrogen-bond acceptors (Lipinski definition) is 2. The van der Waals surface area contributed by atoms with E-state index < -0.39 is 40.5 Å². The minimum absolute atomic E-state index is 0.104. The van der Waals surface area contributed by atoms with Crippen molar-refractivity contribution in [1.82, 2.24) is 0 Å². The van der Waals surface area contributed by atoms with Crippen LogP contribution in [0.4, 0.5) is 26.3 Å². The van der Waals surface area contributed by atoms with E-state index in [0.29, 0.717) is 18.3 Å². The fourth-order valence-electron chi connectivity index (χ4n) is 4.50. The van der Waals surface area contributed by atoms with Gasteiger partial charge in [0.1, 0.15) is 11.3 Å². The molecular weight excluding hydrogens is 470 g/mol. The van der Waals surface area contributed by atoms with Crippen molar-refractivity contribution in [3.05, 3.63) is 65.0 Å². The molecule has 0 amide bonds. The lowest BCUT2D eigenvalue weighted by Crippen LogP contribution is -2.23. The summed E-state index contributed by atoms with van der Waals surface area (Å²) in [5.41, 5.74) is -2.67. The Labute approximate surface area is 201 Å². The van der Waals surface area contributed by atoms with Crippen LogP contribution in [0.25, 0.3) is 6.08 Å². The normalized spacial score (nSPS) is 19.2. The van der Waals surface area contributed by atoms with E-state index in [1.807, 2.05) is 0 Å². The first-order valence-electron chi connectivity index (χ1n) is 11.9. The van der Waals surface area contributed by atoms with Crippen molar-refractivity contribution in [1.29, 1.82) is 0 Å². The second-order valence-corrected chi connectivity index (χ2v) is 8.84. The maximum Gasteiger partial charge on any atom is 0.426 e. The summed E-state index contributed by atoms with van der Waals surface area (Å²) in [5, 5.41) is 0. The lowest BCUT2D eigenvalue weighted by Gasteiger charge is -2.26. The highest BCUT2D eigenvalue weighted by atomic mass is 19.4. The number of allylic oxidation sites excluding steroid dienone is 1. The Kier molecular flexibility index (Phi) is 8.78. The standard InChI is InChI=1S/C27H30F6O2/c1-3-5-18-6-8-19(9-7-18)10-11-20-12-17-23(25(28)24(20)26(29,30)31)35-27(32,33)21-13-15-22(16-14-21)34-4-2/h10-19H,3-9H2,1-2H3/b11-10+. The predicted molar refractivity (Wildman–Crippen MR) is 123 cm³/mol. The number of benzene rings is 2. The van der Waals surface area contributed by atoms with E-state index in [-0.39, 0.29) is 5.92 Å². The lowest BCUT2D eigenvalue weighted by atomic mass is 9.80. The molecule has 192 valence electrons. The zero-order chi connectivity index (χ0) is 25.6. The molecule has 0 aliphatic heterocycles. The van der Waals surface area contributed by atoms with E-state index in [1.165, 1.54) is 18.2 Å². The summed E-state index contributed by atoms with van der Waals surface area (Å²) in [7, 11) is 0. The molecular formula is C27H30F6O2. The molecule has 0 radical (unpaired) electrons. The van der Waals surface area contributed by atoms with E-state index in [9.17, 15) is 26.3 Å². The van der Waals surface area contributed by atoms with Gasteiger partial charge in [-0.3, -0.25) is 0 Å². The highest BCUT2D eigenvalue weighted by molar-refractivity contribution is 5.57. The molecule has 8 heteroatoms. The molecule has 0 bridgehead atoms. The van der Waals surface area contributed by atoms with E-state index in [1.54, 1.807) is 13.0 Å². The zero-order valence-corrected chi connectivity index (χ0v) is 19.8. The van der Waals surface area contributed by atoms with Crippen LogP contribution in [-0.4, -0.2) is 6.61 Å². The van der Waals surface area contributed by atoms with Crippen molar-refractivity contribution in [2.75, 3.05) is 6.61 Å². The highest BCUT2D eigenvalue weighted by Crippen LogP contribution is 2.41. The van der Waals surface area contributed by atoms with E-state index in [2.05, 4.69) is 11.7 Å². The van der Waals surface area contributed by atoms with Crippen LogP contribution in [0.3, 0.4) is 0 Å². The van der Waals surface area contributed by atoms with Crippen molar-refractivity contribution < 1.29 is 35.8 Å². The van der Waals surface area contributed by atoms with Gasteiger partial charge in [0, 0.05) is 0 Å². The number of halogens is 6. The van der Waals surface area contributed by atoms with Gasteiger partial charge in [-0.2, -0.15) is 22.0 Å². The van der Waals surface area contributed by atoms with Gasteiger partial charge in [0.25, 0.3) is 0 Å². The minimum Gasteiger partial charge on any atom is -0.494 e. The zero-order valence-electron chi connectivity index (χ0n) is 19.8. The molecule has 1 fully saturated rings. The van der Waals surface area contributed by atoms with E-state index in [4.69, 9.17) is 4.74 Å². The van der Waals surface area contributed by atoms with Crippen LogP contribution in [0.15, 0.2) is 42.5 Å². The molecule has 3 rings (SSSR count). The van der Waals surface area contributed by atoms with Crippen molar-refractivity contribution in [3.63, 3.8) is 0 Å². The molecule has 2 nitrogen and oxygen atoms in total. The van der Waals surface area contributed by atoms with E-state index >= 15 is 0 Å². The van der Waals surface area contributed by atoms with Gasteiger partial charge in [-0.15, -0.1) is 0 Å². The van der Waals surface area contributed by atoms with E-state index in [0.717, 1.165) is 62.8 Å². The molecule has 0 N–H and O–H groups in total. The molecule has 2 aromatic rings. The first kappa shape index (κ1) is 27.0. The molecule has 1 aliphatic rings. The second-order valence-electron chi connectivity index (χ2n) is 8.84. The number of hydrogen-bond donors (Lipinski definition) is 0. The molecule has 0 atom stereocenters. The van der Waals surface area contributed by atoms with Gasteiger partial charge in [-0.05, 0) is 80.3 Å². The smallest absolute Gasteiger partial charge is 0.426 e. The summed E-state index contributed by atoms with van der Waals surface area (Å²) in [5.74, 6) is -1.95. The molecule has 0 spiro atoms. The molecule has 0 aromatic heterocycles. The molecule has 2 aromatic carbocycles. The average molecular weight is 501 g/mol. The lowest BCUT2D eigenvalue weighted by molar-refractivity contribution is -0.188. The monoisotopic (exact) mass is 500 g/mol. The third kappa shape index (κ3) is 6.95. The quantitative estimate of drug-likeness (QED) is 0.320. The Bertz CT molecular complexity index is 990. The van der Waals surface area contributed by atoms with Crippen LogP contribution < -0.4 is 9.47 Å². The van der Waals surface area contributed by atoms with Crippen molar-refractivity contribution in [3.8, 4) is 11.5 Å². The summed E-state index contributed by atoms with van der Waals surface area (Å²) in [6, 6.07) is 6.36. The van der Waals surface area contributed by atoms with Crippen molar-refractivity contribution >= 4 is 6.08 Å². The van der Waals surface area contributed by atoms with Gasteiger partial charge < -0.3 is 9.47 Å². The maximum absolute atomic E-state index is 14.9. The molecule has 1 saturated carbocycles. The summed E-state index contributed by atoms with van der Waals surface area (Å²) < 4.78 is 95.0. The molecule has 0 heterocycles. The largest absolute Gasteiger partial charge is 0.494 e. The average Bonchev–Trinajstić information content (AvgIpc) is 2.80. The van der Waals surface area contributed by atoms with Crippen LogP contribution in [0.1, 0.15) is 69.1 Å². The Hall–Kier alpha value is -2.64. The van der Waals surface area contributed by atoms with Crippen LogP contribution in [0.2, 0.25) is 0 Å². The van der Waals surface area contributed by atoms with Crippen LogP contribution >= 0.6 is 0 Å². The van der Waals surface area contributed by atoms with Gasteiger partial charge in [-0.1, -0.05) is 38.0 Å². The van der Waals surface area contributed by atoms with Gasteiger partial charge in [0.05, 0.1) is 12.2 Å². The number of alkyl halides is 5. The fourth-order valence-corrected chi connectivity index (χ4v) is 4.50. The number of ether oxygens (including phenoxy) is 2. The Morgan fingerprint density at radius 3 is 2.14 bits per heavy atom. The Balaban J connectivity index is 1.82. The van der Waals surface area contributed by atoms with Gasteiger partial charge in [-0.25, -0.2) is 4.39 Å². The predicted octanol–water partition coefficient (Wildman–Crippen LogP) is 8.99. The summed E-state index contributed by atoms with van der Waals surface area (Å²) >= 11 is 0. The molecule has 0 unspecified atom stereocenters. The van der Waals surface area contributed by atoms with Gasteiger partial charge in [0.15, 0.2) is 11.6 Å². The topological polar surface area (TPSA) is 18.5 Å². The highest BCUT2D eigenvalue weighted by Gasteiger charge is 2.41. The van der Waals surface area contributed by atoms with Crippen LogP contribution in [-0.2, 0) is 12.3 Å². The third-order valence-corrected chi connectivity index (χ3v) is 6.30. The minimum atomic E-state index is -5.09. The van der Waals surface area contributed by atoms with Crippen LogP contribution in [0, 0.1) is 17.7 Å². The van der Waals surface area contributed by atoms with Crippen molar-refractivity contribution in [2.24, 2.45) is 11.8 Å². The van der Waals surface area contributed by atoms with Crippen molar-refractivity contribution in [2.45, 2.75) is 64.7 Å². The molecule has 1 aliphatic carbocycles. The van der Waals surface area contributed by atoms with Gasteiger partial charge >= 0.3 is 12.3 Å². The second kappa shape index (κ2) is 11.4. The SMILES string of the molecule is CCCC1CCC(/C=C/c2ccc(OC(F)(F)c3ccc(OCC)cc3)c(F)c2C(F)(F)F)CC1. The maximum atomic E-state index is 14.9. The summed E-state index contributed by atoms with van der Waals surface area (Å²) in [6.07, 6.45) is -0.242.